The topological polar surface area (TPSA) is 60.5 Å². The number of nitrogens with one attached hydrogen (secondary N) is 1. The lowest BCUT2D eigenvalue weighted by Gasteiger charge is -2.07. The summed E-state index contributed by atoms with van der Waals surface area (Å²) in [5, 5.41) is 4.39. The standard InChI is InChI=1S/C14H15ClN2O3S/c1-2-16-13-12(17-9-21-13)14(18)20-7-6-19-11-5-3-4-10(15)8-11/h3-5,8-9,16H,2,6-7H2,1H3. The van der Waals surface area contributed by atoms with Gasteiger partial charge in [-0.3, -0.25) is 0 Å². The number of benzene rings is 1. The number of rotatable bonds is 7. The number of hydrogen-bond donors (Lipinski definition) is 1. The van der Waals surface area contributed by atoms with Crippen LogP contribution in [0.4, 0.5) is 5.00 Å². The number of aromatic nitrogens is 1. The summed E-state index contributed by atoms with van der Waals surface area (Å²) in [4.78, 5) is 15.9. The molecule has 1 N–H and O–H groups in total. The van der Waals surface area contributed by atoms with Crippen LogP contribution >= 0.6 is 22.9 Å². The summed E-state index contributed by atoms with van der Waals surface area (Å²) in [6, 6.07) is 7.05. The molecule has 0 atom stereocenters. The highest BCUT2D eigenvalue weighted by Gasteiger charge is 2.15. The minimum atomic E-state index is -0.457. The lowest BCUT2D eigenvalue weighted by molar-refractivity contribution is 0.0445. The average Bonchev–Trinajstić information content (AvgIpc) is 2.92. The van der Waals surface area contributed by atoms with Crippen molar-refractivity contribution in [2.24, 2.45) is 0 Å². The Bertz CT molecular complexity index is 603. The highest BCUT2D eigenvalue weighted by atomic mass is 35.5. The highest BCUT2D eigenvalue weighted by molar-refractivity contribution is 7.14. The second-order valence-electron chi connectivity index (χ2n) is 4.00. The molecule has 1 aromatic heterocycles. The van der Waals surface area contributed by atoms with Crippen molar-refractivity contribution in [3.8, 4) is 5.75 Å². The van der Waals surface area contributed by atoms with Crippen LogP contribution in [0.2, 0.25) is 5.02 Å². The Kier molecular flexibility index (Phi) is 5.83. The first-order valence-corrected chi connectivity index (χ1v) is 7.69. The minimum absolute atomic E-state index is 0.147. The van der Waals surface area contributed by atoms with Crippen LogP contribution in [0.25, 0.3) is 0 Å². The van der Waals surface area contributed by atoms with Crippen molar-refractivity contribution in [1.82, 2.24) is 4.98 Å². The fraction of sp³-hybridized carbons (Fsp3) is 0.286. The molecule has 1 heterocycles. The zero-order valence-electron chi connectivity index (χ0n) is 11.5. The van der Waals surface area contributed by atoms with Crippen molar-refractivity contribution in [1.29, 1.82) is 0 Å². The predicted octanol–water partition coefficient (Wildman–Crippen LogP) is 3.46. The highest BCUT2D eigenvalue weighted by Crippen LogP contribution is 2.20. The van der Waals surface area contributed by atoms with Crippen LogP contribution in [0.15, 0.2) is 29.8 Å². The molecule has 0 aliphatic carbocycles. The maximum atomic E-state index is 11.9. The van der Waals surface area contributed by atoms with E-state index in [1.54, 1.807) is 29.8 Å². The number of esters is 1. The summed E-state index contributed by atoms with van der Waals surface area (Å²) >= 11 is 7.21. The number of hydrogen-bond acceptors (Lipinski definition) is 6. The molecule has 21 heavy (non-hydrogen) atoms. The zero-order valence-corrected chi connectivity index (χ0v) is 13.0. The molecular formula is C14H15ClN2O3S. The quantitative estimate of drug-likeness (QED) is 0.623. The van der Waals surface area contributed by atoms with Crippen LogP contribution in [-0.2, 0) is 4.74 Å². The largest absolute Gasteiger partial charge is 0.490 e. The van der Waals surface area contributed by atoms with E-state index < -0.39 is 5.97 Å². The fourth-order valence-corrected chi connectivity index (χ4v) is 2.52. The van der Waals surface area contributed by atoms with Gasteiger partial charge >= 0.3 is 5.97 Å². The third kappa shape index (κ3) is 4.61. The van der Waals surface area contributed by atoms with Crippen molar-refractivity contribution in [2.75, 3.05) is 25.1 Å². The number of ether oxygens (including phenoxy) is 2. The molecular weight excluding hydrogens is 312 g/mol. The maximum Gasteiger partial charge on any atom is 0.360 e. The molecule has 0 unspecified atom stereocenters. The molecule has 0 amide bonds. The summed E-state index contributed by atoms with van der Waals surface area (Å²) in [7, 11) is 0. The molecule has 0 aliphatic rings. The summed E-state index contributed by atoms with van der Waals surface area (Å²) < 4.78 is 10.6. The van der Waals surface area contributed by atoms with Crippen molar-refractivity contribution < 1.29 is 14.3 Å². The van der Waals surface area contributed by atoms with E-state index in [2.05, 4.69) is 10.3 Å². The van der Waals surface area contributed by atoms with Crippen LogP contribution in [0.5, 0.6) is 5.75 Å². The van der Waals surface area contributed by atoms with E-state index in [9.17, 15) is 4.79 Å². The van der Waals surface area contributed by atoms with Gasteiger partial charge in [0.2, 0.25) is 0 Å². The molecule has 0 aliphatic heterocycles. The maximum absolute atomic E-state index is 11.9. The minimum Gasteiger partial charge on any atom is -0.490 e. The summed E-state index contributed by atoms with van der Waals surface area (Å²) in [6.07, 6.45) is 0. The van der Waals surface area contributed by atoms with E-state index in [1.807, 2.05) is 6.92 Å². The van der Waals surface area contributed by atoms with Crippen LogP contribution in [0, 0.1) is 0 Å². The van der Waals surface area contributed by atoms with E-state index in [-0.39, 0.29) is 13.2 Å². The van der Waals surface area contributed by atoms with E-state index in [1.165, 1.54) is 11.3 Å². The van der Waals surface area contributed by atoms with Gasteiger partial charge in [-0.15, -0.1) is 11.3 Å². The number of nitrogens with zero attached hydrogens (tertiary/aromatic N) is 1. The Morgan fingerprint density at radius 2 is 2.29 bits per heavy atom. The first-order chi connectivity index (χ1) is 10.2. The normalized spacial score (nSPS) is 10.2. The Morgan fingerprint density at radius 3 is 3.05 bits per heavy atom. The number of carbonyl (C=O) groups excluding carboxylic acids is 1. The van der Waals surface area contributed by atoms with Gasteiger partial charge in [0.25, 0.3) is 0 Å². The molecule has 112 valence electrons. The van der Waals surface area contributed by atoms with Gasteiger partial charge in [0.1, 0.15) is 24.0 Å². The predicted molar refractivity (Wildman–Crippen MR) is 83.5 cm³/mol. The first kappa shape index (κ1) is 15.6. The molecule has 2 rings (SSSR count). The molecule has 2 aromatic rings. The Labute approximate surface area is 131 Å². The van der Waals surface area contributed by atoms with Gasteiger partial charge < -0.3 is 14.8 Å². The SMILES string of the molecule is CCNc1scnc1C(=O)OCCOc1cccc(Cl)c1. The third-order valence-corrected chi connectivity index (χ3v) is 3.50. The molecule has 1 aromatic carbocycles. The smallest absolute Gasteiger partial charge is 0.360 e. The van der Waals surface area contributed by atoms with Gasteiger partial charge in [0.15, 0.2) is 5.69 Å². The molecule has 0 fully saturated rings. The van der Waals surface area contributed by atoms with Crippen LogP contribution in [0.3, 0.4) is 0 Å². The second kappa shape index (κ2) is 7.85. The summed E-state index contributed by atoms with van der Waals surface area (Å²) in [6.45, 7) is 3.08. The number of halogens is 1. The molecule has 7 heteroatoms. The fourth-order valence-electron chi connectivity index (χ4n) is 1.60. The third-order valence-electron chi connectivity index (χ3n) is 2.48. The molecule has 0 saturated carbocycles. The Hall–Kier alpha value is -1.79. The molecule has 0 radical (unpaired) electrons. The van der Waals surface area contributed by atoms with Gasteiger partial charge in [-0.25, -0.2) is 9.78 Å². The van der Waals surface area contributed by atoms with Crippen LogP contribution in [-0.4, -0.2) is 30.7 Å². The Balaban J connectivity index is 1.78. The van der Waals surface area contributed by atoms with E-state index in [4.69, 9.17) is 21.1 Å². The van der Waals surface area contributed by atoms with Gasteiger partial charge in [-0.05, 0) is 25.1 Å². The monoisotopic (exact) mass is 326 g/mol. The van der Waals surface area contributed by atoms with E-state index >= 15 is 0 Å². The molecule has 0 saturated heterocycles. The first-order valence-electron chi connectivity index (χ1n) is 6.43. The van der Waals surface area contributed by atoms with Crippen molar-refractivity contribution in [2.45, 2.75) is 6.92 Å². The molecule has 5 nitrogen and oxygen atoms in total. The van der Waals surface area contributed by atoms with E-state index in [0.717, 1.165) is 11.5 Å². The average molecular weight is 327 g/mol. The van der Waals surface area contributed by atoms with Gasteiger partial charge in [-0.2, -0.15) is 0 Å². The summed E-state index contributed by atoms with van der Waals surface area (Å²) in [5.41, 5.74) is 1.92. The van der Waals surface area contributed by atoms with E-state index in [0.29, 0.717) is 16.5 Å². The number of anilines is 1. The van der Waals surface area contributed by atoms with Crippen molar-refractivity contribution >= 4 is 33.9 Å². The summed E-state index contributed by atoms with van der Waals surface area (Å²) in [5.74, 6) is 0.183. The Morgan fingerprint density at radius 1 is 1.43 bits per heavy atom. The molecule has 0 spiro atoms. The van der Waals surface area contributed by atoms with Crippen molar-refractivity contribution in [3.63, 3.8) is 0 Å². The second-order valence-corrected chi connectivity index (χ2v) is 5.29. The van der Waals surface area contributed by atoms with Gasteiger partial charge in [0, 0.05) is 11.6 Å². The lowest BCUT2D eigenvalue weighted by atomic mass is 10.3. The van der Waals surface area contributed by atoms with Crippen molar-refractivity contribution in [3.05, 3.63) is 40.5 Å². The zero-order chi connectivity index (χ0) is 15.1. The van der Waals surface area contributed by atoms with Crippen LogP contribution in [0.1, 0.15) is 17.4 Å². The molecule has 0 bridgehead atoms. The number of carbonyl (C=O) groups is 1. The lowest BCUT2D eigenvalue weighted by Crippen LogP contribution is -2.14. The van der Waals surface area contributed by atoms with Gasteiger partial charge in [-0.1, -0.05) is 17.7 Å². The van der Waals surface area contributed by atoms with Gasteiger partial charge in [0.05, 0.1) is 5.51 Å². The van der Waals surface area contributed by atoms with Crippen LogP contribution < -0.4 is 10.1 Å². The number of thiazole rings is 1.